The SMILES string of the molecule is CON(C(=O)c1ccc(C(N)=O)cc1Cl)c1ccc(Cl)c(-c2ccccn2)c1. The molecule has 0 spiro atoms. The van der Waals surface area contributed by atoms with Crippen LogP contribution in [0, 0.1) is 0 Å². The maximum atomic E-state index is 13.0. The Morgan fingerprint density at radius 2 is 1.82 bits per heavy atom. The lowest BCUT2D eigenvalue weighted by Gasteiger charge is -2.21. The van der Waals surface area contributed by atoms with Gasteiger partial charge in [0.1, 0.15) is 0 Å². The minimum Gasteiger partial charge on any atom is -0.366 e. The van der Waals surface area contributed by atoms with E-state index in [-0.39, 0.29) is 16.1 Å². The molecule has 0 saturated carbocycles. The maximum Gasteiger partial charge on any atom is 0.283 e. The van der Waals surface area contributed by atoms with E-state index in [2.05, 4.69) is 4.98 Å². The normalized spacial score (nSPS) is 10.5. The summed E-state index contributed by atoms with van der Waals surface area (Å²) in [6.45, 7) is 0. The highest BCUT2D eigenvalue weighted by molar-refractivity contribution is 6.35. The van der Waals surface area contributed by atoms with Crippen molar-refractivity contribution in [3.8, 4) is 11.3 Å². The molecule has 0 aliphatic rings. The molecule has 142 valence electrons. The lowest BCUT2D eigenvalue weighted by Crippen LogP contribution is -2.30. The van der Waals surface area contributed by atoms with Crippen LogP contribution in [-0.4, -0.2) is 23.9 Å². The van der Waals surface area contributed by atoms with E-state index >= 15 is 0 Å². The van der Waals surface area contributed by atoms with Gasteiger partial charge in [0, 0.05) is 17.3 Å². The third-order valence-electron chi connectivity index (χ3n) is 3.98. The molecular weight excluding hydrogens is 401 g/mol. The zero-order valence-electron chi connectivity index (χ0n) is 14.7. The van der Waals surface area contributed by atoms with Gasteiger partial charge in [0.05, 0.1) is 34.1 Å². The van der Waals surface area contributed by atoms with Crippen LogP contribution < -0.4 is 10.8 Å². The number of hydrogen-bond acceptors (Lipinski definition) is 4. The Kier molecular flexibility index (Phi) is 5.94. The monoisotopic (exact) mass is 415 g/mol. The predicted octanol–water partition coefficient (Wildman–Crippen LogP) is 4.36. The van der Waals surface area contributed by atoms with E-state index in [9.17, 15) is 9.59 Å². The highest BCUT2D eigenvalue weighted by Gasteiger charge is 2.22. The lowest BCUT2D eigenvalue weighted by atomic mass is 10.1. The number of primary amides is 1. The molecule has 0 radical (unpaired) electrons. The second-order valence-corrected chi connectivity index (χ2v) is 6.53. The first-order chi connectivity index (χ1) is 13.4. The fourth-order valence-electron chi connectivity index (χ4n) is 2.61. The molecule has 0 saturated heterocycles. The molecule has 28 heavy (non-hydrogen) atoms. The van der Waals surface area contributed by atoms with E-state index in [1.165, 1.54) is 25.3 Å². The van der Waals surface area contributed by atoms with Crippen LogP contribution in [0.4, 0.5) is 5.69 Å². The van der Waals surface area contributed by atoms with Crippen LogP contribution in [0.25, 0.3) is 11.3 Å². The van der Waals surface area contributed by atoms with Gasteiger partial charge in [0.25, 0.3) is 5.91 Å². The fourth-order valence-corrected chi connectivity index (χ4v) is 3.09. The minimum absolute atomic E-state index is 0.0854. The number of nitrogens with zero attached hydrogens (tertiary/aromatic N) is 2. The zero-order valence-corrected chi connectivity index (χ0v) is 16.2. The maximum absolute atomic E-state index is 13.0. The Hall–Kier alpha value is -2.93. The zero-order chi connectivity index (χ0) is 20.3. The van der Waals surface area contributed by atoms with Crippen LogP contribution in [-0.2, 0) is 4.84 Å². The molecule has 1 heterocycles. The Morgan fingerprint density at radius 3 is 2.43 bits per heavy atom. The van der Waals surface area contributed by atoms with Gasteiger partial charge in [-0.3, -0.25) is 19.4 Å². The molecule has 6 nitrogen and oxygen atoms in total. The molecule has 2 N–H and O–H groups in total. The second-order valence-electron chi connectivity index (χ2n) is 5.72. The van der Waals surface area contributed by atoms with E-state index in [1.54, 1.807) is 30.5 Å². The number of pyridine rings is 1. The number of hydroxylamine groups is 1. The van der Waals surface area contributed by atoms with E-state index in [4.69, 9.17) is 33.8 Å². The third kappa shape index (κ3) is 3.99. The first kappa shape index (κ1) is 19.8. The first-order valence-corrected chi connectivity index (χ1v) is 8.87. The molecule has 3 aromatic rings. The summed E-state index contributed by atoms with van der Waals surface area (Å²) in [6, 6.07) is 14.6. The van der Waals surface area contributed by atoms with Crippen LogP contribution in [0.2, 0.25) is 10.0 Å². The van der Waals surface area contributed by atoms with Crippen LogP contribution in [0.15, 0.2) is 60.8 Å². The number of hydrogen-bond donors (Lipinski definition) is 1. The van der Waals surface area contributed by atoms with Crippen LogP contribution in [0.3, 0.4) is 0 Å². The van der Waals surface area contributed by atoms with E-state index in [0.717, 1.165) is 5.06 Å². The van der Waals surface area contributed by atoms with Gasteiger partial charge in [-0.2, -0.15) is 5.06 Å². The summed E-state index contributed by atoms with van der Waals surface area (Å²) >= 11 is 12.5. The number of anilines is 1. The average molecular weight is 416 g/mol. The highest BCUT2D eigenvalue weighted by Crippen LogP contribution is 2.32. The van der Waals surface area contributed by atoms with E-state index in [1.807, 2.05) is 12.1 Å². The molecule has 8 heteroatoms. The number of halogens is 2. The van der Waals surface area contributed by atoms with Crippen molar-refractivity contribution in [2.45, 2.75) is 0 Å². The van der Waals surface area contributed by atoms with Gasteiger partial charge in [0.15, 0.2) is 0 Å². The van der Waals surface area contributed by atoms with Crippen molar-refractivity contribution in [1.82, 2.24) is 4.98 Å². The number of benzene rings is 2. The van der Waals surface area contributed by atoms with E-state index < -0.39 is 11.8 Å². The number of carbonyl (C=O) groups is 2. The predicted molar refractivity (Wildman–Crippen MR) is 108 cm³/mol. The molecule has 0 aliphatic heterocycles. The smallest absolute Gasteiger partial charge is 0.283 e. The average Bonchev–Trinajstić information content (AvgIpc) is 2.70. The van der Waals surface area contributed by atoms with Crippen molar-refractivity contribution >= 4 is 40.7 Å². The van der Waals surface area contributed by atoms with Gasteiger partial charge in [-0.05, 0) is 48.5 Å². The number of aromatic nitrogens is 1. The summed E-state index contributed by atoms with van der Waals surface area (Å²) in [7, 11) is 1.36. The van der Waals surface area contributed by atoms with Crippen molar-refractivity contribution in [1.29, 1.82) is 0 Å². The molecule has 0 atom stereocenters. The van der Waals surface area contributed by atoms with Crippen LogP contribution >= 0.6 is 23.2 Å². The molecule has 0 aliphatic carbocycles. The summed E-state index contributed by atoms with van der Waals surface area (Å²) in [5.74, 6) is -1.15. The molecule has 2 aromatic carbocycles. The topological polar surface area (TPSA) is 85.5 Å². The van der Waals surface area contributed by atoms with Gasteiger partial charge in [-0.1, -0.05) is 29.3 Å². The lowest BCUT2D eigenvalue weighted by molar-refractivity contribution is 0.0773. The van der Waals surface area contributed by atoms with Gasteiger partial charge >= 0.3 is 0 Å². The molecule has 0 fully saturated rings. The summed E-state index contributed by atoms with van der Waals surface area (Å²) < 4.78 is 0. The van der Waals surface area contributed by atoms with Crippen molar-refractivity contribution in [2.24, 2.45) is 5.73 Å². The minimum atomic E-state index is -0.637. The molecule has 3 rings (SSSR count). The van der Waals surface area contributed by atoms with Gasteiger partial charge < -0.3 is 5.73 Å². The van der Waals surface area contributed by atoms with Crippen LogP contribution in [0.5, 0.6) is 0 Å². The Balaban J connectivity index is 2.00. The van der Waals surface area contributed by atoms with Gasteiger partial charge in [-0.25, -0.2) is 0 Å². The summed E-state index contributed by atoms with van der Waals surface area (Å²) in [5.41, 5.74) is 7.33. The van der Waals surface area contributed by atoms with Crippen molar-refractivity contribution < 1.29 is 14.4 Å². The summed E-state index contributed by atoms with van der Waals surface area (Å²) in [6.07, 6.45) is 1.65. The molecule has 0 bridgehead atoms. The Morgan fingerprint density at radius 1 is 1.04 bits per heavy atom. The van der Waals surface area contributed by atoms with Crippen molar-refractivity contribution in [2.75, 3.05) is 12.2 Å². The van der Waals surface area contributed by atoms with Crippen molar-refractivity contribution in [3.05, 3.63) is 82.0 Å². The van der Waals surface area contributed by atoms with E-state index in [0.29, 0.717) is 22.0 Å². The summed E-state index contributed by atoms with van der Waals surface area (Å²) in [5, 5.41) is 1.64. The molecule has 0 unspecified atom stereocenters. The Labute approximate surface area is 171 Å². The molecule has 2 amide bonds. The summed E-state index contributed by atoms with van der Waals surface area (Å²) in [4.78, 5) is 33.8. The standard InChI is InChI=1S/C20H15Cl2N3O3/c1-28-25(20(27)14-7-5-12(19(23)26)10-17(14)22)13-6-8-16(21)15(11-13)18-4-2-3-9-24-18/h2-11H,1H3,(H2,23,26). The number of rotatable bonds is 5. The largest absolute Gasteiger partial charge is 0.366 e. The quantitative estimate of drug-likeness (QED) is 0.627. The highest BCUT2D eigenvalue weighted by atomic mass is 35.5. The van der Waals surface area contributed by atoms with Gasteiger partial charge in [-0.15, -0.1) is 0 Å². The van der Waals surface area contributed by atoms with Gasteiger partial charge in [0.2, 0.25) is 5.91 Å². The first-order valence-electron chi connectivity index (χ1n) is 8.11. The fraction of sp³-hybridized carbons (Fsp3) is 0.0500. The number of carbonyl (C=O) groups excluding carboxylic acids is 2. The third-order valence-corrected chi connectivity index (χ3v) is 4.62. The van der Waals surface area contributed by atoms with Crippen molar-refractivity contribution in [3.63, 3.8) is 0 Å². The second kappa shape index (κ2) is 8.39. The Bertz CT molecular complexity index is 1040. The molecular formula is C20H15Cl2N3O3. The number of nitrogens with two attached hydrogens (primary N) is 1. The molecule has 1 aromatic heterocycles. The van der Waals surface area contributed by atoms with Crippen LogP contribution in [0.1, 0.15) is 20.7 Å². The number of amides is 2.